The van der Waals surface area contributed by atoms with Crippen LogP contribution in [0.3, 0.4) is 0 Å². The lowest BCUT2D eigenvalue weighted by molar-refractivity contribution is 1.19. The zero-order chi connectivity index (χ0) is 12.3. The van der Waals surface area contributed by atoms with Crippen LogP contribution in [0, 0.1) is 0 Å². The summed E-state index contributed by atoms with van der Waals surface area (Å²) in [6.45, 7) is 7.00. The minimum atomic E-state index is -1.32. The molecule has 0 atom stereocenters. The Labute approximate surface area is 125 Å². The normalized spacial score (nSPS) is 11.9. The quantitative estimate of drug-likeness (QED) is 0.540. The number of benzene rings is 1. The number of hydrogen-bond acceptors (Lipinski definition) is 0. The van der Waals surface area contributed by atoms with Gasteiger partial charge in [0.1, 0.15) is 0 Å². The van der Waals surface area contributed by atoms with Crippen molar-refractivity contribution in [3.63, 3.8) is 0 Å². The highest BCUT2D eigenvalue weighted by molar-refractivity contribution is 9.11. The van der Waals surface area contributed by atoms with Crippen LogP contribution in [0.5, 0.6) is 0 Å². The van der Waals surface area contributed by atoms with Crippen molar-refractivity contribution in [2.75, 3.05) is 0 Å². The summed E-state index contributed by atoms with van der Waals surface area (Å²) < 4.78 is 3.64. The maximum atomic E-state index is 3.73. The van der Waals surface area contributed by atoms with E-state index in [4.69, 9.17) is 0 Å². The van der Waals surface area contributed by atoms with Crippen LogP contribution in [0.1, 0.15) is 20.8 Å². The van der Waals surface area contributed by atoms with E-state index in [-0.39, 0.29) is 0 Å². The van der Waals surface area contributed by atoms with Gasteiger partial charge in [0.25, 0.3) is 0 Å². The summed E-state index contributed by atoms with van der Waals surface area (Å²) >= 11 is 11.0. The van der Waals surface area contributed by atoms with E-state index in [1.165, 1.54) is 27.1 Å². The first-order chi connectivity index (χ1) is 7.50. The van der Waals surface area contributed by atoms with Crippen molar-refractivity contribution in [2.45, 2.75) is 38.9 Å². The molecule has 0 unspecified atom stereocenters. The van der Waals surface area contributed by atoms with Gasteiger partial charge in [0.2, 0.25) is 0 Å². The Bertz CT molecular complexity index is 341. The minimum Gasteiger partial charge on any atom is -0.0675 e. The SMILES string of the molecule is CC[Si](CC)(CC)c1c(Br)cc(Br)cc1Br. The summed E-state index contributed by atoms with van der Waals surface area (Å²) in [6, 6.07) is 8.25. The smallest absolute Gasteiger partial charge is 0.0675 e. The molecule has 0 saturated heterocycles. The van der Waals surface area contributed by atoms with Gasteiger partial charge in [-0.2, -0.15) is 0 Å². The molecule has 0 aliphatic rings. The summed E-state index contributed by atoms with van der Waals surface area (Å²) in [5.74, 6) is 0. The zero-order valence-electron chi connectivity index (χ0n) is 9.91. The Morgan fingerprint density at radius 1 is 0.875 bits per heavy atom. The monoisotopic (exact) mass is 426 g/mol. The van der Waals surface area contributed by atoms with Crippen molar-refractivity contribution in [2.24, 2.45) is 0 Å². The molecule has 0 nitrogen and oxygen atoms in total. The average Bonchev–Trinajstić information content (AvgIpc) is 2.23. The predicted molar refractivity (Wildman–Crippen MR) is 86.4 cm³/mol. The molecule has 0 fully saturated rings. The first-order valence-corrected chi connectivity index (χ1v) is 10.7. The van der Waals surface area contributed by atoms with Gasteiger partial charge < -0.3 is 0 Å². The van der Waals surface area contributed by atoms with Crippen LogP contribution in [0.4, 0.5) is 0 Å². The van der Waals surface area contributed by atoms with Gasteiger partial charge in [0.05, 0.1) is 8.07 Å². The summed E-state index contributed by atoms with van der Waals surface area (Å²) in [5.41, 5.74) is 0. The third kappa shape index (κ3) is 2.82. The summed E-state index contributed by atoms with van der Waals surface area (Å²) in [4.78, 5) is 0. The van der Waals surface area contributed by atoms with E-state index in [0.717, 1.165) is 4.47 Å². The van der Waals surface area contributed by atoms with Crippen LogP contribution in [-0.4, -0.2) is 8.07 Å². The van der Waals surface area contributed by atoms with Crippen molar-refractivity contribution in [1.82, 2.24) is 0 Å². The average molecular weight is 429 g/mol. The second kappa shape index (κ2) is 6.16. The van der Waals surface area contributed by atoms with Gasteiger partial charge in [-0.3, -0.25) is 0 Å². The molecule has 0 radical (unpaired) electrons. The van der Waals surface area contributed by atoms with Gasteiger partial charge in [0.15, 0.2) is 0 Å². The van der Waals surface area contributed by atoms with Gasteiger partial charge in [-0.15, -0.1) is 0 Å². The molecule has 0 N–H and O–H groups in total. The fourth-order valence-electron chi connectivity index (χ4n) is 2.33. The third-order valence-electron chi connectivity index (χ3n) is 3.57. The third-order valence-corrected chi connectivity index (χ3v) is 11.7. The Morgan fingerprint density at radius 3 is 1.56 bits per heavy atom. The van der Waals surface area contributed by atoms with Crippen molar-refractivity contribution < 1.29 is 0 Å². The Kier molecular flexibility index (Phi) is 5.75. The molecule has 16 heavy (non-hydrogen) atoms. The van der Waals surface area contributed by atoms with E-state index in [9.17, 15) is 0 Å². The molecule has 0 saturated carbocycles. The molecule has 0 bridgehead atoms. The van der Waals surface area contributed by atoms with E-state index in [0.29, 0.717) is 0 Å². The highest BCUT2D eigenvalue weighted by Gasteiger charge is 2.33. The van der Waals surface area contributed by atoms with Crippen molar-refractivity contribution in [3.05, 3.63) is 25.6 Å². The largest absolute Gasteiger partial charge is 0.0888 e. The van der Waals surface area contributed by atoms with Crippen LogP contribution in [0.2, 0.25) is 18.1 Å². The Morgan fingerprint density at radius 2 is 1.25 bits per heavy atom. The van der Waals surface area contributed by atoms with E-state index < -0.39 is 8.07 Å². The van der Waals surface area contributed by atoms with Crippen molar-refractivity contribution >= 4 is 61.1 Å². The van der Waals surface area contributed by atoms with Gasteiger partial charge >= 0.3 is 0 Å². The highest BCUT2D eigenvalue weighted by atomic mass is 79.9. The molecule has 0 aliphatic heterocycles. The van der Waals surface area contributed by atoms with Gasteiger partial charge in [-0.1, -0.05) is 86.7 Å². The van der Waals surface area contributed by atoms with Crippen molar-refractivity contribution in [3.8, 4) is 0 Å². The molecule has 1 rings (SSSR count). The maximum absolute atomic E-state index is 3.73. The Balaban J connectivity index is 3.40. The van der Waals surface area contributed by atoms with Crippen LogP contribution < -0.4 is 5.19 Å². The second-order valence-electron chi connectivity index (χ2n) is 4.09. The first kappa shape index (κ1) is 14.9. The number of hydrogen-bond donors (Lipinski definition) is 0. The fraction of sp³-hybridized carbons (Fsp3) is 0.500. The molecular weight excluding hydrogens is 412 g/mol. The van der Waals surface area contributed by atoms with Gasteiger partial charge in [0, 0.05) is 13.4 Å². The molecule has 0 aliphatic carbocycles. The first-order valence-electron chi connectivity index (χ1n) is 5.65. The Hall–Kier alpha value is 0.877. The fourth-order valence-corrected chi connectivity index (χ4v) is 10.8. The van der Waals surface area contributed by atoms with E-state index in [2.05, 4.69) is 80.7 Å². The molecule has 0 aromatic heterocycles. The lowest BCUT2D eigenvalue weighted by Gasteiger charge is -2.31. The molecule has 0 heterocycles. The number of halogens is 3. The lowest BCUT2D eigenvalue weighted by atomic mass is 10.4. The molecule has 1 aromatic carbocycles. The zero-order valence-corrected chi connectivity index (χ0v) is 15.7. The summed E-state index contributed by atoms with van der Waals surface area (Å²) in [6.07, 6.45) is 0. The maximum Gasteiger partial charge on any atom is 0.0888 e. The summed E-state index contributed by atoms with van der Waals surface area (Å²) in [7, 11) is -1.32. The van der Waals surface area contributed by atoms with E-state index in [1.807, 2.05) is 0 Å². The summed E-state index contributed by atoms with van der Waals surface area (Å²) in [5, 5.41) is 1.54. The molecule has 0 spiro atoms. The topological polar surface area (TPSA) is 0 Å². The second-order valence-corrected chi connectivity index (χ2v) is 11.9. The molecule has 4 heteroatoms. The molecule has 0 amide bonds. The van der Waals surface area contributed by atoms with E-state index in [1.54, 1.807) is 5.19 Å². The van der Waals surface area contributed by atoms with Gasteiger partial charge in [-0.25, -0.2) is 0 Å². The predicted octanol–water partition coefficient (Wildman–Crippen LogP) is 5.69. The van der Waals surface area contributed by atoms with Crippen LogP contribution in [0.25, 0.3) is 0 Å². The van der Waals surface area contributed by atoms with Gasteiger partial charge in [-0.05, 0) is 17.3 Å². The molecule has 1 aromatic rings. The van der Waals surface area contributed by atoms with Crippen LogP contribution in [0.15, 0.2) is 25.6 Å². The molecule has 90 valence electrons. The minimum absolute atomic E-state index is 1.13. The standard InChI is InChI=1S/C12H17Br3Si/c1-4-16(5-2,6-3)12-10(14)7-9(13)8-11(12)15/h7-8H,4-6H2,1-3H3. The number of rotatable bonds is 4. The molecular formula is C12H17Br3Si. The lowest BCUT2D eigenvalue weighted by Crippen LogP contribution is -2.47. The van der Waals surface area contributed by atoms with Crippen molar-refractivity contribution in [1.29, 1.82) is 0 Å². The highest BCUT2D eigenvalue weighted by Crippen LogP contribution is 2.30. The van der Waals surface area contributed by atoms with E-state index >= 15 is 0 Å². The van der Waals surface area contributed by atoms with Crippen LogP contribution in [-0.2, 0) is 0 Å². The van der Waals surface area contributed by atoms with Crippen LogP contribution >= 0.6 is 47.8 Å².